The Labute approximate surface area is 182 Å². The molecule has 0 aliphatic carbocycles. The van der Waals surface area contributed by atoms with E-state index in [-0.39, 0.29) is 0 Å². The van der Waals surface area contributed by atoms with Crippen LogP contribution in [0, 0.1) is 6.92 Å². The molecule has 0 N–H and O–H groups in total. The van der Waals surface area contributed by atoms with Gasteiger partial charge in [0.25, 0.3) is 0 Å². The van der Waals surface area contributed by atoms with Gasteiger partial charge in [-0.15, -0.1) is 0 Å². The fourth-order valence-electron chi connectivity index (χ4n) is 4.10. The molecule has 154 valence electrons. The number of hydrogen-bond acceptors (Lipinski definition) is 3. The normalized spacial score (nSPS) is 11.5. The van der Waals surface area contributed by atoms with E-state index in [4.69, 9.17) is 4.74 Å². The number of aromatic nitrogens is 2. The molecule has 0 radical (unpaired) electrons. The summed E-state index contributed by atoms with van der Waals surface area (Å²) in [5, 5.41) is 0. The lowest BCUT2D eigenvalue weighted by Crippen LogP contribution is -2.38. The maximum absolute atomic E-state index is 11.6. The molecule has 0 bridgehead atoms. The van der Waals surface area contributed by atoms with Crippen molar-refractivity contribution in [2.45, 2.75) is 12.5 Å². The molecule has 0 spiro atoms. The zero-order valence-electron chi connectivity index (χ0n) is 17.6. The summed E-state index contributed by atoms with van der Waals surface area (Å²) in [5.74, 6) is -0.408. The van der Waals surface area contributed by atoms with Gasteiger partial charge in [-0.3, -0.25) is 0 Å². The van der Waals surface area contributed by atoms with Crippen LogP contribution in [-0.2, 0) is 15.1 Å². The van der Waals surface area contributed by atoms with E-state index < -0.39 is 11.5 Å². The topological polar surface area (TPSA) is 44.1 Å². The third kappa shape index (κ3) is 3.68. The van der Waals surface area contributed by atoms with E-state index in [1.54, 1.807) is 6.08 Å². The van der Waals surface area contributed by atoms with Crippen LogP contribution in [0.1, 0.15) is 28.1 Å². The number of imidazole rings is 1. The van der Waals surface area contributed by atoms with Crippen LogP contribution in [0.5, 0.6) is 0 Å². The largest absolute Gasteiger partial charge is 0.466 e. The highest BCUT2D eigenvalue weighted by molar-refractivity contribution is 5.86. The molecule has 1 heterocycles. The molecule has 4 nitrogen and oxygen atoms in total. The molecule has 4 heteroatoms. The highest BCUT2D eigenvalue weighted by Gasteiger charge is 2.39. The van der Waals surface area contributed by atoms with Crippen LogP contribution in [0.2, 0.25) is 0 Å². The predicted molar refractivity (Wildman–Crippen MR) is 123 cm³/mol. The lowest BCUT2D eigenvalue weighted by molar-refractivity contribution is -0.134. The highest BCUT2D eigenvalue weighted by Crippen LogP contribution is 2.41. The number of ether oxygens (including phenoxy) is 1. The van der Waals surface area contributed by atoms with Crippen molar-refractivity contribution in [2.24, 2.45) is 0 Å². The molecule has 0 saturated carbocycles. The van der Waals surface area contributed by atoms with Crippen LogP contribution in [0.25, 0.3) is 6.08 Å². The highest BCUT2D eigenvalue weighted by atomic mass is 16.5. The number of rotatable bonds is 6. The Morgan fingerprint density at radius 3 is 1.71 bits per heavy atom. The molecule has 0 aliphatic heterocycles. The molecule has 31 heavy (non-hydrogen) atoms. The van der Waals surface area contributed by atoms with Gasteiger partial charge in [-0.2, -0.15) is 0 Å². The van der Waals surface area contributed by atoms with Crippen molar-refractivity contribution < 1.29 is 9.53 Å². The molecule has 4 rings (SSSR count). The molecule has 0 atom stereocenters. The minimum Gasteiger partial charge on any atom is -0.466 e. The number of esters is 1. The first kappa shape index (κ1) is 20.4. The molecular weight excluding hydrogens is 384 g/mol. The summed E-state index contributed by atoms with van der Waals surface area (Å²) in [4.78, 5) is 16.3. The Morgan fingerprint density at radius 2 is 1.29 bits per heavy atom. The van der Waals surface area contributed by atoms with Crippen LogP contribution >= 0.6 is 0 Å². The van der Waals surface area contributed by atoms with Crippen molar-refractivity contribution in [1.82, 2.24) is 9.55 Å². The van der Waals surface area contributed by atoms with Gasteiger partial charge >= 0.3 is 5.97 Å². The number of nitrogens with zero attached hydrogens (tertiary/aromatic N) is 2. The van der Waals surface area contributed by atoms with Gasteiger partial charge in [-0.1, -0.05) is 91.0 Å². The van der Waals surface area contributed by atoms with Gasteiger partial charge in [0.2, 0.25) is 0 Å². The molecule has 1 aromatic heterocycles. The van der Waals surface area contributed by atoms with E-state index in [1.165, 1.54) is 13.2 Å². The first-order valence-electron chi connectivity index (χ1n) is 10.1. The van der Waals surface area contributed by atoms with Crippen molar-refractivity contribution in [3.05, 3.63) is 131 Å². The van der Waals surface area contributed by atoms with Gasteiger partial charge in [0.1, 0.15) is 5.54 Å². The van der Waals surface area contributed by atoms with E-state index in [0.717, 1.165) is 28.1 Å². The number of benzene rings is 3. The second kappa shape index (κ2) is 8.84. The monoisotopic (exact) mass is 408 g/mol. The maximum atomic E-state index is 11.6. The number of methoxy groups -OCH3 is 1. The summed E-state index contributed by atoms with van der Waals surface area (Å²) in [7, 11) is 1.36. The number of carbonyl (C=O) groups is 1. The fraction of sp³-hybridized carbons (Fsp3) is 0.111. The standard InChI is InChI=1S/C27H24N2O2/c1-21-25(18-19-26(30)31-2)28-20-29(21)27(22-12-6-3-7-13-22,23-14-8-4-9-15-23)24-16-10-5-11-17-24/h3-20H,1-2H3/b19-18+. The maximum Gasteiger partial charge on any atom is 0.330 e. The first-order valence-corrected chi connectivity index (χ1v) is 10.1. The fourth-order valence-corrected chi connectivity index (χ4v) is 4.10. The van der Waals surface area contributed by atoms with E-state index in [0.29, 0.717) is 0 Å². The lowest BCUT2D eigenvalue weighted by atomic mass is 9.76. The van der Waals surface area contributed by atoms with E-state index in [2.05, 4.69) is 82.3 Å². The summed E-state index contributed by atoms with van der Waals surface area (Å²) < 4.78 is 6.92. The van der Waals surface area contributed by atoms with Crippen molar-refractivity contribution in [2.75, 3.05) is 7.11 Å². The van der Waals surface area contributed by atoms with Crippen molar-refractivity contribution in [1.29, 1.82) is 0 Å². The third-order valence-corrected chi connectivity index (χ3v) is 5.56. The predicted octanol–water partition coefficient (Wildman–Crippen LogP) is 5.22. The molecule has 3 aromatic carbocycles. The summed E-state index contributed by atoms with van der Waals surface area (Å²) in [6.45, 7) is 2.02. The van der Waals surface area contributed by atoms with Gasteiger partial charge in [0.15, 0.2) is 0 Å². The molecule has 0 fully saturated rings. The molecule has 4 aromatic rings. The SMILES string of the molecule is COC(=O)/C=C/c1ncn(C(c2ccccc2)(c2ccccc2)c2ccccc2)c1C. The van der Waals surface area contributed by atoms with Crippen LogP contribution in [0.3, 0.4) is 0 Å². The molecular formula is C27H24N2O2. The van der Waals surface area contributed by atoms with Crippen molar-refractivity contribution in [3.63, 3.8) is 0 Å². The Kier molecular flexibility index (Phi) is 5.80. The Morgan fingerprint density at radius 1 is 0.839 bits per heavy atom. The second-order valence-electron chi connectivity index (χ2n) is 7.25. The van der Waals surface area contributed by atoms with Gasteiger partial charge in [0.05, 0.1) is 19.1 Å². The lowest BCUT2D eigenvalue weighted by Gasteiger charge is -2.38. The second-order valence-corrected chi connectivity index (χ2v) is 7.25. The quantitative estimate of drug-likeness (QED) is 0.250. The van der Waals surface area contributed by atoms with E-state index in [1.807, 2.05) is 31.5 Å². The number of hydrogen-bond donors (Lipinski definition) is 0. The van der Waals surface area contributed by atoms with E-state index in [9.17, 15) is 4.79 Å². The third-order valence-electron chi connectivity index (χ3n) is 5.56. The van der Waals surface area contributed by atoms with Crippen LogP contribution < -0.4 is 0 Å². The summed E-state index contributed by atoms with van der Waals surface area (Å²) in [6, 6.07) is 31.3. The smallest absolute Gasteiger partial charge is 0.330 e. The van der Waals surface area contributed by atoms with Crippen LogP contribution in [0.4, 0.5) is 0 Å². The summed E-state index contributed by atoms with van der Waals surface area (Å²) in [5.41, 5.74) is 4.40. The minimum absolute atomic E-state index is 0.408. The van der Waals surface area contributed by atoms with Crippen LogP contribution in [-0.4, -0.2) is 22.6 Å². The molecule has 0 saturated heterocycles. The molecule has 0 unspecified atom stereocenters. The summed E-state index contributed by atoms with van der Waals surface area (Å²) in [6.07, 6.45) is 4.94. The van der Waals surface area contributed by atoms with Gasteiger partial charge in [-0.05, 0) is 29.7 Å². The van der Waals surface area contributed by atoms with Crippen LogP contribution in [0.15, 0.2) is 103 Å². The number of carbonyl (C=O) groups excluding carboxylic acids is 1. The average molecular weight is 409 g/mol. The van der Waals surface area contributed by atoms with Gasteiger partial charge in [0, 0.05) is 11.8 Å². The first-order chi connectivity index (χ1) is 15.2. The Balaban J connectivity index is 2.04. The van der Waals surface area contributed by atoms with Gasteiger partial charge in [-0.25, -0.2) is 9.78 Å². The van der Waals surface area contributed by atoms with Crippen molar-refractivity contribution >= 4 is 12.0 Å². The Bertz CT molecular complexity index is 1080. The van der Waals surface area contributed by atoms with Crippen molar-refractivity contribution in [3.8, 4) is 0 Å². The van der Waals surface area contributed by atoms with E-state index >= 15 is 0 Å². The zero-order chi connectivity index (χ0) is 21.7. The summed E-state index contributed by atoms with van der Waals surface area (Å²) >= 11 is 0. The van der Waals surface area contributed by atoms with Gasteiger partial charge < -0.3 is 9.30 Å². The average Bonchev–Trinajstić information content (AvgIpc) is 3.20. The zero-order valence-corrected chi connectivity index (χ0v) is 17.6. The molecule has 0 amide bonds. The Hall–Kier alpha value is -3.92. The minimum atomic E-state index is -0.627. The molecule has 0 aliphatic rings.